The number of esters is 1. The Morgan fingerprint density at radius 3 is 2.61 bits per heavy atom. The number of carbonyl (C=O) groups is 1. The van der Waals surface area contributed by atoms with Crippen molar-refractivity contribution in [2.75, 3.05) is 18.0 Å². The molecule has 0 aliphatic carbocycles. The molecule has 1 aliphatic rings. The van der Waals surface area contributed by atoms with E-state index >= 15 is 0 Å². The molecule has 1 fully saturated rings. The van der Waals surface area contributed by atoms with Crippen LogP contribution in [0.5, 0.6) is 5.75 Å². The third kappa shape index (κ3) is 4.72. The fourth-order valence-corrected chi connectivity index (χ4v) is 3.55. The Morgan fingerprint density at radius 2 is 1.97 bits per heavy atom. The number of hydrogen-bond acceptors (Lipinski definition) is 7. The van der Waals surface area contributed by atoms with Crippen LogP contribution in [-0.4, -0.2) is 25.4 Å². The summed E-state index contributed by atoms with van der Waals surface area (Å²) in [5, 5.41) is 5.56. The molecule has 0 bridgehead atoms. The lowest BCUT2D eigenvalue weighted by molar-refractivity contribution is -0.275. The zero-order valence-corrected chi connectivity index (χ0v) is 16.7. The molecule has 164 valence electrons. The van der Waals surface area contributed by atoms with Gasteiger partial charge in [-0.1, -0.05) is 6.07 Å². The first-order valence-electron chi connectivity index (χ1n) is 9.14. The van der Waals surface area contributed by atoms with Gasteiger partial charge in [0.2, 0.25) is 5.76 Å². The van der Waals surface area contributed by atoms with E-state index in [1.54, 1.807) is 6.07 Å². The molecule has 0 saturated carbocycles. The van der Waals surface area contributed by atoms with Gasteiger partial charge in [0, 0.05) is 30.9 Å². The monoisotopic (exact) mass is 456 g/mol. The first kappa shape index (κ1) is 21.3. The predicted octanol–water partition coefficient (Wildman–Crippen LogP) is 5.00. The first-order valence-corrected chi connectivity index (χ1v) is 10.0. The average Bonchev–Trinajstić information content (AvgIpc) is 3.09. The van der Waals surface area contributed by atoms with Crippen molar-refractivity contribution in [3.05, 3.63) is 53.5 Å². The number of alkyl halides is 3. The normalized spacial score (nSPS) is 13.9. The van der Waals surface area contributed by atoms with Crippen LogP contribution in [0.15, 0.2) is 45.7 Å². The third-order valence-electron chi connectivity index (χ3n) is 4.72. The molecule has 3 aromatic rings. The van der Waals surface area contributed by atoms with E-state index in [2.05, 4.69) is 4.74 Å². The average molecular weight is 456 g/mol. The van der Waals surface area contributed by atoms with Crippen LogP contribution < -0.4 is 14.8 Å². The van der Waals surface area contributed by atoms with Gasteiger partial charge in [0.1, 0.15) is 23.8 Å². The van der Waals surface area contributed by atoms with Gasteiger partial charge < -0.3 is 18.8 Å². The Kier molecular flexibility index (Phi) is 5.71. The van der Waals surface area contributed by atoms with E-state index < -0.39 is 23.9 Å². The van der Waals surface area contributed by atoms with Crippen molar-refractivity contribution >= 4 is 34.6 Å². The largest absolute Gasteiger partial charge is 0.573 e. The summed E-state index contributed by atoms with van der Waals surface area (Å²) in [6, 6.07) is 8.03. The minimum atomic E-state index is -4.86. The zero-order chi connectivity index (χ0) is 22.2. The summed E-state index contributed by atoms with van der Waals surface area (Å²) in [7, 11) is 0. The van der Waals surface area contributed by atoms with Gasteiger partial charge in [-0.3, -0.25) is 5.14 Å². The molecule has 0 atom stereocenters. The molecule has 1 aromatic heterocycles. The summed E-state index contributed by atoms with van der Waals surface area (Å²) in [5.74, 6) is -1.98. The van der Waals surface area contributed by atoms with Crippen LogP contribution in [0.25, 0.3) is 11.0 Å². The van der Waals surface area contributed by atoms with E-state index in [9.17, 15) is 22.4 Å². The molecule has 6 nitrogen and oxygen atoms in total. The number of benzene rings is 2. The van der Waals surface area contributed by atoms with Crippen LogP contribution in [-0.2, 0) is 11.3 Å². The second-order valence-electron chi connectivity index (χ2n) is 6.81. The molecule has 1 aliphatic heterocycles. The van der Waals surface area contributed by atoms with Gasteiger partial charge >= 0.3 is 12.3 Å². The van der Waals surface area contributed by atoms with Crippen molar-refractivity contribution < 1.29 is 36.2 Å². The van der Waals surface area contributed by atoms with E-state index in [1.165, 1.54) is 24.3 Å². The Morgan fingerprint density at radius 1 is 1.19 bits per heavy atom. The van der Waals surface area contributed by atoms with Gasteiger partial charge in [-0.15, -0.1) is 13.2 Å². The number of nitrogens with zero attached hydrogens (tertiary/aromatic N) is 1. The molecule has 0 unspecified atom stereocenters. The van der Waals surface area contributed by atoms with E-state index in [0.29, 0.717) is 23.2 Å². The number of ether oxygens (including phenoxy) is 2. The Balaban J connectivity index is 1.47. The van der Waals surface area contributed by atoms with Crippen molar-refractivity contribution in [1.29, 1.82) is 0 Å². The molecular weight excluding hydrogens is 440 g/mol. The molecule has 4 rings (SSSR count). The van der Waals surface area contributed by atoms with Crippen molar-refractivity contribution in [3.8, 4) is 5.75 Å². The Bertz CT molecular complexity index is 1130. The molecule has 0 radical (unpaired) electrons. The van der Waals surface area contributed by atoms with Crippen LogP contribution in [0.3, 0.4) is 0 Å². The summed E-state index contributed by atoms with van der Waals surface area (Å²) in [6.07, 6.45) is -3.83. The van der Waals surface area contributed by atoms with Crippen molar-refractivity contribution in [2.45, 2.75) is 24.3 Å². The lowest BCUT2D eigenvalue weighted by Crippen LogP contribution is -2.36. The topological polar surface area (TPSA) is 77.9 Å². The van der Waals surface area contributed by atoms with Crippen LogP contribution in [0, 0.1) is 5.82 Å². The smallest absolute Gasteiger partial charge is 0.455 e. The number of nitrogens with two attached hydrogens (primary N) is 1. The summed E-state index contributed by atoms with van der Waals surface area (Å²) in [4.78, 5) is 14.4. The van der Waals surface area contributed by atoms with Crippen LogP contribution in [0.4, 0.5) is 23.2 Å². The highest BCUT2D eigenvalue weighted by Crippen LogP contribution is 2.33. The number of anilines is 1. The number of furan rings is 1. The maximum Gasteiger partial charge on any atom is 0.573 e. The Hall–Kier alpha value is -2.92. The predicted molar refractivity (Wildman–Crippen MR) is 105 cm³/mol. The second kappa shape index (κ2) is 8.31. The van der Waals surface area contributed by atoms with Crippen molar-refractivity contribution in [2.24, 2.45) is 5.14 Å². The number of hydrogen-bond donors (Lipinski definition) is 1. The standard InChI is InChI=1S/C20H16F4N2O4S/c21-14-7-12(26-4-1-5-26)8-16-13(14)9-17(29-16)19(27)28-10-11-2-3-15(18(6-11)31-25)30-20(22,23)24/h2-3,6-9H,1,4-5,10,25H2. The van der Waals surface area contributed by atoms with E-state index in [1.807, 2.05) is 4.90 Å². The number of carbonyl (C=O) groups excluding carboxylic acids is 1. The highest BCUT2D eigenvalue weighted by Gasteiger charge is 2.32. The van der Waals surface area contributed by atoms with Gasteiger partial charge in [-0.05, 0) is 42.1 Å². The molecular formula is C20H16F4N2O4S. The van der Waals surface area contributed by atoms with Crippen LogP contribution in [0.1, 0.15) is 22.5 Å². The molecule has 2 aromatic carbocycles. The van der Waals surface area contributed by atoms with Crippen LogP contribution in [0.2, 0.25) is 0 Å². The van der Waals surface area contributed by atoms with Crippen molar-refractivity contribution in [3.63, 3.8) is 0 Å². The molecule has 2 N–H and O–H groups in total. The van der Waals surface area contributed by atoms with E-state index in [0.717, 1.165) is 25.6 Å². The van der Waals surface area contributed by atoms with Crippen LogP contribution >= 0.6 is 11.9 Å². The molecule has 0 spiro atoms. The van der Waals surface area contributed by atoms with Gasteiger partial charge in [-0.25, -0.2) is 9.18 Å². The second-order valence-corrected chi connectivity index (χ2v) is 7.49. The lowest BCUT2D eigenvalue weighted by atomic mass is 10.1. The number of halogens is 4. The maximum absolute atomic E-state index is 14.4. The molecule has 2 heterocycles. The lowest BCUT2D eigenvalue weighted by Gasteiger charge is -2.33. The highest BCUT2D eigenvalue weighted by atomic mass is 32.2. The molecule has 31 heavy (non-hydrogen) atoms. The zero-order valence-electron chi connectivity index (χ0n) is 15.9. The first-order chi connectivity index (χ1) is 14.7. The van der Waals surface area contributed by atoms with Gasteiger partial charge in [-0.2, -0.15) is 0 Å². The Labute approximate surface area is 178 Å². The highest BCUT2D eigenvalue weighted by molar-refractivity contribution is 7.97. The molecule has 1 saturated heterocycles. The van der Waals surface area contributed by atoms with Gasteiger partial charge in [0.05, 0.1) is 10.3 Å². The number of fused-ring (bicyclic) bond motifs is 1. The van der Waals surface area contributed by atoms with Crippen molar-refractivity contribution in [1.82, 2.24) is 0 Å². The minimum absolute atomic E-state index is 0.0233. The summed E-state index contributed by atoms with van der Waals surface area (Å²) < 4.78 is 66.2. The van der Waals surface area contributed by atoms with Gasteiger partial charge in [0.15, 0.2) is 0 Å². The summed E-state index contributed by atoms with van der Waals surface area (Å²) >= 11 is 0.566. The fourth-order valence-electron chi connectivity index (χ4n) is 3.10. The van der Waals surface area contributed by atoms with E-state index in [-0.39, 0.29) is 28.2 Å². The summed E-state index contributed by atoms with van der Waals surface area (Å²) in [6.45, 7) is 1.41. The van der Waals surface area contributed by atoms with E-state index in [4.69, 9.17) is 14.3 Å². The number of rotatable bonds is 6. The quantitative estimate of drug-likeness (QED) is 0.318. The minimum Gasteiger partial charge on any atom is -0.455 e. The van der Waals surface area contributed by atoms with Gasteiger partial charge in [0.25, 0.3) is 0 Å². The third-order valence-corrected chi connectivity index (χ3v) is 5.30. The fraction of sp³-hybridized carbons (Fsp3) is 0.250. The SMILES string of the molecule is NSc1cc(COC(=O)c2cc3c(F)cc(N4CCC4)cc3o2)ccc1OC(F)(F)F. The maximum atomic E-state index is 14.4. The summed E-state index contributed by atoms with van der Waals surface area (Å²) in [5.41, 5.74) is 1.29. The molecule has 11 heteroatoms. The molecule has 0 amide bonds.